The standard InChI is InChI=1S/C29H38ClF2N5O3/c1-28(2,3)40-27(39)37-16-12-29(32,13-17-37)11-5-6-20-9-14-36(15-10-20)22-18-24(31)33-19-21(22)26(38)35-25-8-4-7-23(30)34-25/h4,7-8,18-20H,5-6,9-17H2,1-3H3,(H,34,35,38). The number of carbonyl (C=O) groups is 2. The van der Waals surface area contributed by atoms with Crippen molar-refractivity contribution < 1.29 is 23.1 Å². The molecule has 0 bridgehead atoms. The zero-order chi connectivity index (χ0) is 28.9. The van der Waals surface area contributed by atoms with Crippen LogP contribution in [0.2, 0.25) is 5.15 Å². The SMILES string of the molecule is CC(C)(C)OC(=O)N1CCC(F)(CCCC2CCN(c3cc(F)ncc3C(=O)Nc3cccc(Cl)n3)CC2)CC1. The third-order valence-corrected chi connectivity index (χ3v) is 7.76. The Balaban J connectivity index is 1.25. The summed E-state index contributed by atoms with van der Waals surface area (Å²) in [7, 11) is 0. The van der Waals surface area contributed by atoms with Crippen molar-refractivity contribution in [2.75, 3.05) is 36.4 Å². The summed E-state index contributed by atoms with van der Waals surface area (Å²) < 4.78 is 34.9. The number of piperidine rings is 2. The van der Waals surface area contributed by atoms with Gasteiger partial charge in [-0.3, -0.25) is 4.79 Å². The van der Waals surface area contributed by atoms with Crippen LogP contribution in [0, 0.1) is 11.9 Å². The van der Waals surface area contributed by atoms with Gasteiger partial charge in [-0.2, -0.15) is 4.39 Å². The van der Waals surface area contributed by atoms with Crippen LogP contribution in [0.1, 0.15) is 76.1 Å². The van der Waals surface area contributed by atoms with E-state index in [9.17, 15) is 14.0 Å². The smallest absolute Gasteiger partial charge is 0.410 e. The lowest BCUT2D eigenvalue weighted by molar-refractivity contribution is 0.000693. The average Bonchev–Trinajstić information content (AvgIpc) is 2.88. The molecular formula is C29H38ClF2N5O3. The number of alkyl halides is 1. The Morgan fingerprint density at radius 2 is 1.88 bits per heavy atom. The van der Waals surface area contributed by atoms with Gasteiger partial charge in [0.1, 0.15) is 22.2 Å². The molecule has 2 aromatic heterocycles. The van der Waals surface area contributed by atoms with Crippen molar-refractivity contribution in [1.29, 1.82) is 0 Å². The van der Waals surface area contributed by atoms with Gasteiger partial charge >= 0.3 is 6.09 Å². The molecule has 40 heavy (non-hydrogen) atoms. The van der Waals surface area contributed by atoms with Crippen LogP contribution in [0.15, 0.2) is 30.5 Å². The molecular weight excluding hydrogens is 540 g/mol. The third-order valence-electron chi connectivity index (χ3n) is 7.55. The normalized spacial score (nSPS) is 17.9. The van der Waals surface area contributed by atoms with Crippen LogP contribution >= 0.6 is 11.6 Å². The maximum atomic E-state index is 15.4. The minimum Gasteiger partial charge on any atom is -0.444 e. The van der Waals surface area contributed by atoms with Gasteiger partial charge in [0.15, 0.2) is 0 Å². The van der Waals surface area contributed by atoms with Crippen molar-refractivity contribution in [2.45, 2.75) is 77.0 Å². The number of aromatic nitrogens is 2. The zero-order valence-corrected chi connectivity index (χ0v) is 24.1. The monoisotopic (exact) mass is 577 g/mol. The fourth-order valence-corrected chi connectivity index (χ4v) is 5.52. The predicted octanol–water partition coefficient (Wildman–Crippen LogP) is 6.65. The number of nitrogens with one attached hydrogen (secondary N) is 1. The van der Waals surface area contributed by atoms with Gasteiger partial charge in [0.05, 0.1) is 11.3 Å². The highest BCUT2D eigenvalue weighted by molar-refractivity contribution is 6.29. The summed E-state index contributed by atoms with van der Waals surface area (Å²) in [5.41, 5.74) is -1.07. The first-order chi connectivity index (χ1) is 18.9. The number of carbonyl (C=O) groups excluding carboxylic acids is 2. The lowest BCUT2D eigenvalue weighted by Gasteiger charge is -2.38. The first-order valence-corrected chi connectivity index (χ1v) is 14.3. The van der Waals surface area contributed by atoms with Crippen molar-refractivity contribution in [3.05, 3.63) is 47.1 Å². The predicted molar refractivity (Wildman–Crippen MR) is 151 cm³/mol. The summed E-state index contributed by atoms with van der Waals surface area (Å²) in [5, 5.41) is 2.95. The van der Waals surface area contributed by atoms with Gasteiger partial charge < -0.3 is 19.9 Å². The molecule has 11 heteroatoms. The maximum Gasteiger partial charge on any atom is 0.410 e. The van der Waals surface area contributed by atoms with E-state index in [1.807, 2.05) is 25.7 Å². The van der Waals surface area contributed by atoms with Gasteiger partial charge in [0.25, 0.3) is 5.91 Å². The molecule has 0 spiro atoms. The molecule has 0 aliphatic carbocycles. The second-order valence-corrected chi connectivity index (χ2v) is 12.2. The quantitative estimate of drug-likeness (QED) is 0.371. The molecule has 0 saturated carbocycles. The maximum absolute atomic E-state index is 15.4. The lowest BCUT2D eigenvalue weighted by Crippen LogP contribution is -2.46. The Morgan fingerprint density at radius 1 is 1.18 bits per heavy atom. The molecule has 4 rings (SSSR count). The van der Waals surface area contributed by atoms with E-state index < -0.39 is 23.1 Å². The molecule has 0 atom stereocenters. The molecule has 2 saturated heterocycles. The Hall–Kier alpha value is -3.01. The highest BCUT2D eigenvalue weighted by Gasteiger charge is 2.37. The Morgan fingerprint density at radius 3 is 2.52 bits per heavy atom. The molecule has 218 valence electrons. The van der Waals surface area contributed by atoms with E-state index in [1.54, 1.807) is 23.1 Å². The van der Waals surface area contributed by atoms with Crippen LogP contribution in [0.3, 0.4) is 0 Å². The molecule has 2 aromatic rings. The summed E-state index contributed by atoms with van der Waals surface area (Å²) in [6.45, 7) is 7.54. The van der Waals surface area contributed by atoms with Gasteiger partial charge in [0, 0.05) is 38.4 Å². The van der Waals surface area contributed by atoms with E-state index in [4.69, 9.17) is 16.3 Å². The minimum absolute atomic E-state index is 0.252. The molecule has 2 amide bonds. The van der Waals surface area contributed by atoms with Crippen LogP contribution in [-0.2, 0) is 4.74 Å². The molecule has 0 unspecified atom stereocenters. The van der Waals surface area contributed by atoms with Crippen molar-refractivity contribution in [3.63, 3.8) is 0 Å². The van der Waals surface area contributed by atoms with Crippen molar-refractivity contribution in [2.24, 2.45) is 5.92 Å². The second-order valence-electron chi connectivity index (χ2n) is 11.8. The largest absolute Gasteiger partial charge is 0.444 e. The topological polar surface area (TPSA) is 87.7 Å². The molecule has 2 aliphatic rings. The summed E-state index contributed by atoms with van der Waals surface area (Å²) in [5.74, 6) is -0.361. The van der Waals surface area contributed by atoms with Crippen molar-refractivity contribution >= 4 is 35.1 Å². The van der Waals surface area contributed by atoms with Crippen LogP contribution in [0.25, 0.3) is 0 Å². The van der Waals surface area contributed by atoms with E-state index >= 15 is 4.39 Å². The zero-order valence-electron chi connectivity index (χ0n) is 23.4. The molecule has 1 N–H and O–H groups in total. The first kappa shape index (κ1) is 30.0. The number of ether oxygens (including phenoxy) is 1. The Kier molecular flexibility index (Phi) is 9.48. The molecule has 0 aromatic carbocycles. The fourth-order valence-electron chi connectivity index (χ4n) is 5.35. The second kappa shape index (κ2) is 12.7. The van der Waals surface area contributed by atoms with Gasteiger partial charge in [0.2, 0.25) is 5.95 Å². The Bertz CT molecular complexity index is 1190. The van der Waals surface area contributed by atoms with Crippen LogP contribution < -0.4 is 10.2 Å². The highest BCUT2D eigenvalue weighted by atomic mass is 35.5. The number of halogens is 3. The molecule has 8 nitrogen and oxygen atoms in total. The third kappa shape index (κ3) is 8.25. The number of amides is 2. The molecule has 4 heterocycles. The molecule has 2 aliphatic heterocycles. The number of hydrogen-bond acceptors (Lipinski definition) is 6. The Labute approximate surface area is 239 Å². The van der Waals surface area contributed by atoms with E-state index in [2.05, 4.69) is 15.3 Å². The number of nitrogens with zero attached hydrogens (tertiary/aromatic N) is 4. The van der Waals surface area contributed by atoms with Crippen molar-refractivity contribution in [3.8, 4) is 0 Å². The van der Waals surface area contributed by atoms with E-state index in [-0.39, 0.29) is 16.8 Å². The van der Waals surface area contributed by atoms with E-state index in [0.29, 0.717) is 62.9 Å². The fraction of sp³-hybridized carbons (Fsp3) is 0.586. The number of hydrogen-bond donors (Lipinski definition) is 1. The highest BCUT2D eigenvalue weighted by Crippen LogP contribution is 2.35. The van der Waals surface area contributed by atoms with Gasteiger partial charge in [-0.25, -0.2) is 19.2 Å². The van der Waals surface area contributed by atoms with Crippen LogP contribution in [-0.4, -0.2) is 64.3 Å². The van der Waals surface area contributed by atoms with Crippen molar-refractivity contribution in [1.82, 2.24) is 14.9 Å². The summed E-state index contributed by atoms with van der Waals surface area (Å²) >= 11 is 5.91. The van der Waals surface area contributed by atoms with Gasteiger partial charge in [-0.1, -0.05) is 24.1 Å². The van der Waals surface area contributed by atoms with E-state index in [1.165, 1.54) is 12.3 Å². The van der Waals surface area contributed by atoms with E-state index in [0.717, 1.165) is 25.7 Å². The number of pyridine rings is 2. The average molecular weight is 578 g/mol. The minimum atomic E-state index is -1.26. The summed E-state index contributed by atoms with van der Waals surface area (Å²) in [6, 6.07) is 6.20. The summed E-state index contributed by atoms with van der Waals surface area (Å²) in [4.78, 5) is 36.6. The van der Waals surface area contributed by atoms with Gasteiger partial charge in [-0.05, 0) is 77.3 Å². The molecule has 0 radical (unpaired) electrons. The molecule has 2 fully saturated rings. The van der Waals surface area contributed by atoms with Gasteiger partial charge in [-0.15, -0.1) is 0 Å². The number of likely N-dealkylation sites (tertiary alicyclic amines) is 1. The lowest BCUT2D eigenvalue weighted by atomic mass is 9.85. The number of rotatable bonds is 7. The van der Waals surface area contributed by atoms with Crippen LogP contribution in [0.4, 0.5) is 25.1 Å². The first-order valence-electron chi connectivity index (χ1n) is 13.9. The van der Waals surface area contributed by atoms with Crippen LogP contribution in [0.5, 0.6) is 0 Å². The number of anilines is 2. The summed E-state index contributed by atoms with van der Waals surface area (Å²) in [6.07, 6.45) is 5.42.